The minimum atomic E-state index is -0.163. The number of aromatic nitrogens is 1. The zero-order valence-corrected chi connectivity index (χ0v) is 10.6. The van der Waals surface area contributed by atoms with Crippen LogP contribution in [-0.4, -0.2) is 10.8 Å². The van der Waals surface area contributed by atoms with Crippen LogP contribution in [-0.2, 0) is 0 Å². The average Bonchev–Trinajstić information content (AvgIpc) is 2.85. The van der Waals surface area contributed by atoms with E-state index in [1.165, 1.54) is 12.8 Å². The highest BCUT2D eigenvalue weighted by Gasteiger charge is 2.37. The number of hydrogen-bond donors (Lipinski definition) is 0. The Labute approximate surface area is 107 Å². The molecule has 0 unspecified atom stereocenters. The summed E-state index contributed by atoms with van der Waals surface area (Å²) in [4.78, 5) is 17.1. The summed E-state index contributed by atoms with van der Waals surface area (Å²) < 4.78 is 0. The second-order valence-corrected chi connectivity index (χ2v) is 5.47. The van der Waals surface area contributed by atoms with Gasteiger partial charge in [-0.3, -0.25) is 9.78 Å². The van der Waals surface area contributed by atoms with E-state index in [9.17, 15) is 4.79 Å². The van der Waals surface area contributed by atoms with Crippen molar-refractivity contribution in [2.75, 3.05) is 0 Å². The number of Topliss-reactive ketones (excluding diaryl/α,β-unsaturated/α-hetero) is 1. The molecular formula is C16H17NO. The van der Waals surface area contributed by atoms with Gasteiger partial charge in [0.25, 0.3) is 0 Å². The van der Waals surface area contributed by atoms with Crippen molar-refractivity contribution in [1.29, 1.82) is 0 Å². The molecular weight excluding hydrogens is 222 g/mol. The second-order valence-electron chi connectivity index (χ2n) is 5.47. The van der Waals surface area contributed by atoms with Gasteiger partial charge in [0, 0.05) is 22.6 Å². The van der Waals surface area contributed by atoms with E-state index in [0.29, 0.717) is 5.78 Å². The van der Waals surface area contributed by atoms with Crippen LogP contribution in [0, 0.1) is 5.41 Å². The molecule has 92 valence electrons. The highest BCUT2D eigenvalue weighted by atomic mass is 16.1. The van der Waals surface area contributed by atoms with Crippen molar-refractivity contribution in [2.24, 2.45) is 5.41 Å². The smallest absolute Gasteiger partial charge is 0.169 e. The fraction of sp³-hybridized carbons (Fsp3) is 0.375. The van der Waals surface area contributed by atoms with Crippen LogP contribution in [0.2, 0.25) is 0 Å². The van der Waals surface area contributed by atoms with Crippen LogP contribution in [0.15, 0.2) is 36.5 Å². The Balaban J connectivity index is 2.12. The molecule has 1 saturated carbocycles. The molecule has 1 aliphatic carbocycles. The predicted octanol–water partition coefficient (Wildman–Crippen LogP) is 4.00. The van der Waals surface area contributed by atoms with Crippen molar-refractivity contribution in [3.8, 4) is 0 Å². The van der Waals surface area contributed by atoms with Crippen molar-refractivity contribution in [3.63, 3.8) is 0 Å². The molecule has 0 atom stereocenters. The Hall–Kier alpha value is -1.70. The minimum Gasteiger partial charge on any atom is -0.294 e. The third kappa shape index (κ3) is 1.72. The summed E-state index contributed by atoms with van der Waals surface area (Å²) in [7, 11) is 0. The maximum absolute atomic E-state index is 12.8. The zero-order valence-electron chi connectivity index (χ0n) is 10.6. The van der Waals surface area contributed by atoms with Gasteiger partial charge in [-0.2, -0.15) is 0 Å². The molecule has 18 heavy (non-hydrogen) atoms. The van der Waals surface area contributed by atoms with E-state index in [-0.39, 0.29) is 5.41 Å². The van der Waals surface area contributed by atoms with Crippen LogP contribution in [0.25, 0.3) is 10.9 Å². The summed E-state index contributed by atoms with van der Waals surface area (Å²) in [5.41, 5.74) is 1.58. The molecule has 0 spiro atoms. The van der Waals surface area contributed by atoms with Crippen molar-refractivity contribution in [1.82, 2.24) is 4.98 Å². The maximum Gasteiger partial charge on any atom is 0.169 e. The first-order chi connectivity index (χ1) is 8.71. The Morgan fingerprint density at radius 2 is 1.94 bits per heavy atom. The number of hydrogen-bond acceptors (Lipinski definition) is 2. The first-order valence-corrected chi connectivity index (χ1v) is 6.59. The molecule has 0 radical (unpaired) electrons. The van der Waals surface area contributed by atoms with Gasteiger partial charge in [-0.15, -0.1) is 0 Å². The zero-order chi connectivity index (χ0) is 12.6. The van der Waals surface area contributed by atoms with Crippen LogP contribution in [0.5, 0.6) is 0 Å². The Morgan fingerprint density at radius 1 is 1.17 bits per heavy atom. The number of carbonyl (C=O) groups excluding carboxylic acids is 1. The molecule has 0 aliphatic heterocycles. The van der Waals surface area contributed by atoms with Crippen LogP contribution >= 0.6 is 0 Å². The fourth-order valence-corrected chi connectivity index (χ4v) is 3.01. The molecule has 0 N–H and O–H groups in total. The van der Waals surface area contributed by atoms with Gasteiger partial charge in [0.05, 0.1) is 5.52 Å². The predicted molar refractivity (Wildman–Crippen MR) is 72.6 cm³/mol. The Kier molecular flexibility index (Phi) is 2.66. The maximum atomic E-state index is 12.8. The molecule has 1 aromatic heterocycles. The van der Waals surface area contributed by atoms with E-state index in [1.807, 2.05) is 30.3 Å². The first kappa shape index (κ1) is 11.4. The molecule has 0 saturated heterocycles. The van der Waals surface area contributed by atoms with Crippen LogP contribution < -0.4 is 0 Å². The molecule has 2 nitrogen and oxygen atoms in total. The Bertz CT molecular complexity index is 592. The van der Waals surface area contributed by atoms with Crippen LogP contribution in [0.3, 0.4) is 0 Å². The lowest BCUT2D eigenvalue weighted by Gasteiger charge is -2.22. The van der Waals surface area contributed by atoms with Gasteiger partial charge in [-0.1, -0.05) is 38.0 Å². The van der Waals surface area contributed by atoms with Crippen molar-refractivity contribution in [2.45, 2.75) is 32.6 Å². The van der Waals surface area contributed by atoms with Crippen LogP contribution in [0.1, 0.15) is 43.0 Å². The molecule has 0 bridgehead atoms. The summed E-state index contributed by atoms with van der Waals surface area (Å²) in [5, 5.41) is 0.984. The molecule has 1 aromatic carbocycles. The number of benzene rings is 1. The molecule has 3 rings (SSSR count). The van der Waals surface area contributed by atoms with E-state index in [4.69, 9.17) is 0 Å². The van der Waals surface area contributed by atoms with Gasteiger partial charge in [0.2, 0.25) is 0 Å². The van der Waals surface area contributed by atoms with Crippen molar-refractivity contribution >= 4 is 16.7 Å². The number of ketones is 1. The largest absolute Gasteiger partial charge is 0.294 e. The fourth-order valence-electron chi connectivity index (χ4n) is 3.01. The topological polar surface area (TPSA) is 30.0 Å². The molecule has 1 heterocycles. The van der Waals surface area contributed by atoms with Crippen molar-refractivity contribution in [3.05, 3.63) is 42.1 Å². The lowest BCUT2D eigenvalue weighted by atomic mass is 9.80. The van der Waals surface area contributed by atoms with Crippen molar-refractivity contribution < 1.29 is 4.79 Å². The normalized spacial score (nSPS) is 18.1. The first-order valence-electron chi connectivity index (χ1n) is 6.59. The second kappa shape index (κ2) is 4.20. The van der Waals surface area contributed by atoms with Gasteiger partial charge >= 0.3 is 0 Å². The number of rotatable bonds is 2. The number of pyridine rings is 1. The third-order valence-electron chi connectivity index (χ3n) is 4.15. The van der Waals surface area contributed by atoms with Gasteiger partial charge in [-0.05, 0) is 25.0 Å². The average molecular weight is 239 g/mol. The monoisotopic (exact) mass is 239 g/mol. The van der Waals surface area contributed by atoms with Gasteiger partial charge < -0.3 is 0 Å². The SMILES string of the molecule is CC1(C(=O)c2cccc3ncccc23)CCCC1. The molecule has 0 amide bonds. The van der Waals surface area contributed by atoms with Gasteiger partial charge in [0.15, 0.2) is 5.78 Å². The Morgan fingerprint density at radius 3 is 2.72 bits per heavy atom. The summed E-state index contributed by atoms with van der Waals surface area (Å²) in [6.45, 7) is 2.11. The van der Waals surface area contributed by atoms with E-state index in [0.717, 1.165) is 29.3 Å². The highest BCUT2D eigenvalue weighted by molar-refractivity contribution is 6.09. The number of nitrogens with zero attached hydrogens (tertiary/aromatic N) is 1. The number of carbonyl (C=O) groups is 1. The summed E-state index contributed by atoms with van der Waals surface area (Å²) in [6.07, 6.45) is 6.15. The highest BCUT2D eigenvalue weighted by Crippen LogP contribution is 2.41. The van der Waals surface area contributed by atoms with Gasteiger partial charge in [-0.25, -0.2) is 0 Å². The number of fused-ring (bicyclic) bond motifs is 1. The lowest BCUT2D eigenvalue weighted by molar-refractivity contribution is 0.0825. The third-order valence-corrected chi connectivity index (χ3v) is 4.15. The van der Waals surface area contributed by atoms with E-state index in [1.54, 1.807) is 6.20 Å². The summed E-state index contributed by atoms with van der Waals surface area (Å²) >= 11 is 0. The lowest BCUT2D eigenvalue weighted by Crippen LogP contribution is -2.24. The molecule has 2 aromatic rings. The minimum absolute atomic E-state index is 0.163. The quantitative estimate of drug-likeness (QED) is 0.741. The van der Waals surface area contributed by atoms with E-state index in [2.05, 4.69) is 11.9 Å². The van der Waals surface area contributed by atoms with E-state index < -0.39 is 0 Å². The molecule has 1 fully saturated rings. The van der Waals surface area contributed by atoms with E-state index >= 15 is 0 Å². The summed E-state index contributed by atoms with van der Waals surface area (Å²) in [6, 6.07) is 9.73. The molecule has 1 aliphatic rings. The summed E-state index contributed by atoms with van der Waals surface area (Å²) in [5.74, 6) is 0.290. The van der Waals surface area contributed by atoms with Crippen LogP contribution in [0.4, 0.5) is 0 Å². The van der Waals surface area contributed by atoms with Gasteiger partial charge in [0.1, 0.15) is 0 Å². The standard InChI is InChI=1S/C16H17NO/c1-16(9-2-3-10-16)15(18)13-6-4-8-14-12(13)7-5-11-17-14/h4-8,11H,2-3,9-10H2,1H3. The molecule has 2 heteroatoms.